The Balaban J connectivity index is 0. The maximum Gasteiger partial charge on any atom is 0.0696 e. The molecule has 3 nitrogen and oxygen atoms in total. The van der Waals surface area contributed by atoms with Crippen LogP contribution in [0.3, 0.4) is 0 Å². The maximum absolute atomic E-state index is 4.66. The average Bonchev–Trinajstić information content (AvgIpc) is 2.01. The number of hydrogen-bond donors (Lipinski definition) is 0. The minimum atomic E-state index is 0.691. The summed E-state index contributed by atoms with van der Waals surface area (Å²) < 4.78 is 13.9. The van der Waals surface area contributed by atoms with Gasteiger partial charge in [-0.1, -0.05) is 0 Å². The van der Waals surface area contributed by atoms with Gasteiger partial charge in [-0.05, 0) is 6.92 Å². The molecule has 0 saturated carbocycles. The molecule has 0 aliphatic heterocycles. The van der Waals surface area contributed by atoms with Gasteiger partial charge in [0.1, 0.15) is 0 Å². The lowest BCUT2D eigenvalue weighted by Crippen LogP contribution is -1.96. The lowest BCUT2D eigenvalue weighted by atomic mass is 10.8. The minimum Gasteiger partial charge on any atom is -0.385 e. The predicted molar refractivity (Wildman–Crippen MR) is 41.3 cm³/mol. The summed E-state index contributed by atoms with van der Waals surface area (Å²) >= 11 is 0. The van der Waals surface area contributed by atoms with E-state index in [1.165, 1.54) is 0 Å². The fourth-order valence-electron chi connectivity index (χ4n) is 0.167. The maximum atomic E-state index is 4.66. The monoisotopic (exact) mass is 150 g/mol. The first kappa shape index (κ1) is 12.5. The second-order valence-corrected chi connectivity index (χ2v) is 1.56. The molecular formula is C7H18O3. The quantitative estimate of drug-likeness (QED) is 0.558. The van der Waals surface area contributed by atoms with Crippen molar-refractivity contribution in [3.63, 3.8) is 0 Å². The molecular weight excluding hydrogens is 132 g/mol. The lowest BCUT2D eigenvalue weighted by Gasteiger charge is -1.91. The lowest BCUT2D eigenvalue weighted by molar-refractivity contribution is 0.103. The van der Waals surface area contributed by atoms with Crippen molar-refractivity contribution in [2.75, 3.05) is 41.2 Å². The van der Waals surface area contributed by atoms with Crippen LogP contribution < -0.4 is 0 Å². The van der Waals surface area contributed by atoms with Gasteiger partial charge in [0.15, 0.2) is 0 Å². The van der Waals surface area contributed by atoms with Crippen molar-refractivity contribution in [1.29, 1.82) is 0 Å². The van der Waals surface area contributed by atoms with Gasteiger partial charge in [0.25, 0.3) is 0 Å². The molecule has 0 heterocycles. The van der Waals surface area contributed by atoms with Crippen LogP contribution >= 0.6 is 0 Å². The molecule has 0 bridgehead atoms. The molecule has 0 saturated heterocycles. The van der Waals surface area contributed by atoms with Crippen LogP contribution in [-0.4, -0.2) is 41.2 Å². The Morgan fingerprint density at radius 1 is 0.800 bits per heavy atom. The topological polar surface area (TPSA) is 27.7 Å². The van der Waals surface area contributed by atoms with Gasteiger partial charge in [0.05, 0.1) is 13.2 Å². The van der Waals surface area contributed by atoms with E-state index in [4.69, 9.17) is 0 Å². The average molecular weight is 150 g/mol. The van der Waals surface area contributed by atoms with Gasteiger partial charge in [-0.25, -0.2) is 0 Å². The van der Waals surface area contributed by atoms with Gasteiger partial charge in [0, 0.05) is 27.9 Å². The summed E-state index contributed by atoms with van der Waals surface area (Å²) in [5.74, 6) is 0. The van der Waals surface area contributed by atoms with Gasteiger partial charge in [-0.2, -0.15) is 0 Å². The van der Waals surface area contributed by atoms with E-state index >= 15 is 0 Å². The van der Waals surface area contributed by atoms with Crippen molar-refractivity contribution in [1.82, 2.24) is 0 Å². The minimum absolute atomic E-state index is 0.691. The molecule has 0 fully saturated rings. The molecule has 0 spiro atoms. The molecule has 0 amide bonds. The van der Waals surface area contributed by atoms with Crippen LogP contribution in [0.5, 0.6) is 0 Å². The van der Waals surface area contributed by atoms with Crippen molar-refractivity contribution >= 4 is 0 Å². The van der Waals surface area contributed by atoms with Gasteiger partial charge >= 0.3 is 0 Å². The number of ether oxygens (including phenoxy) is 3. The standard InChI is InChI=1S/C4H10O2.C3H8O/c1-5-3-4-6-2;1-3-4-2/h3-4H2,1-2H3;3H2,1-2H3. The van der Waals surface area contributed by atoms with Crippen LogP contribution in [0, 0.1) is 0 Å². The SMILES string of the molecule is CCOC.COCCOC. The molecule has 64 valence electrons. The van der Waals surface area contributed by atoms with Crippen molar-refractivity contribution in [2.45, 2.75) is 6.92 Å². The molecule has 0 N–H and O–H groups in total. The molecule has 0 atom stereocenters. The summed E-state index contributed by atoms with van der Waals surface area (Å²) in [5.41, 5.74) is 0. The summed E-state index contributed by atoms with van der Waals surface area (Å²) in [7, 11) is 4.98. The van der Waals surface area contributed by atoms with Crippen LogP contribution in [-0.2, 0) is 14.2 Å². The summed E-state index contributed by atoms with van der Waals surface area (Å²) in [6.45, 7) is 4.16. The van der Waals surface area contributed by atoms with E-state index in [2.05, 4.69) is 14.2 Å². The van der Waals surface area contributed by atoms with Crippen molar-refractivity contribution in [3.05, 3.63) is 0 Å². The number of methoxy groups -OCH3 is 3. The van der Waals surface area contributed by atoms with Crippen LogP contribution in [0.1, 0.15) is 6.92 Å². The molecule has 0 aliphatic carbocycles. The summed E-state index contributed by atoms with van der Waals surface area (Å²) in [4.78, 5) is 0. The summed E-state index contributed by atoms with van der Waals surface area (Å²) in [6.07, 6.45) is 0. The Morgan fingerprint density at radius 2 is 1.10 bits per heavy atom. The van der Waals surface area contributed by atoms with E-state index in [0.29, 0.717) is 13.2 Å². The highest BCUT2D eigenvalue weighted by Gasteiger charge is 1.73. The van der Waals surface area contributed by atoms with Crippen LogP contribution in [0.25, 0.3) is 0 Å². The van der Waals surface area contributed by atoms with E-state index in [9.17, 15) is 0 Å². The molecule has 0 radical (unpaired) electrons. The fourth-order valence-corrected chi connectivity index (χ4v) is 0.167. The van der Waals surface area contributed by atoms with Gasteiger partial charge in [0.2, 0.25) is 0 Å². The Kier molecular flexibility index (Phi) is 20.0. The first-order valence-corrected chi connectivity index (χ1v) is 3.30. The first-order chi connectivity index (χ1) is 4.83. The third-order valence-corrected chi connectivity index (χ3v) is 0.780. The van der Waals surface area contributed by atoms with Gasteiger partial charge in [-0.15, -0.1) is 0 Å². The zero-order valence-electron chi connectivity index (χ0n) is 7.35. The van der Waals surface area contributed by atoms with E-state index in [1.54, 1.807) is 21.3 Å². The summed E-state index contributed by atoms with van der Waals surface area (Å²) in [6, 6.07) is 0. The first-order valence-electron chi connectivity index (χ1n) is 3.30. The molecule has 0 aromatic carbocycles. The molecule has 0 aromatic heterocycles. The fraction of sp³-hybridized carbons (Fsp3) is 1.00. The van der Waals surface area contributed by atoms with E-state index in [1.807, 2.05) is 6.92 Å². The smallest absolute Gasteiger partial charge is 0.0696 e. The Hall–Kier alpha value is -0.120. The second-order valence-electron chi connectivity index (χ2n) is 1.56. The van der Waals surface area contributed by atoms with E-state index < -0.39 is 0 Å². The van der Waals surface area contributed by atoms with E-state index in [0.717, 1.165) is 6.61 Å². The zero-order valence-corrected chi connectivity index (χ0v) is 7.35. The normalized spacial score (nSPS) is 8.40. The molecule has 0 aliphatic rings. The van der Waals surface area contributed by atoms with E-state index in [-0.39, 0.29) is 0 Å². The van der Waals surface area contributed by atoms with Crippen LogP contribution in [0.15, 0.2) is 0 Å². The van der Waals surface area contributed by atoms with Gasteiger partial charge in [-0.3, -0.25) is 0 Å². The number of rotatable bonds is 4. The second kappa shape index (κ2) is 15.9. The zero-order chi connectivity index (χ0) is 8.24. The third-order valence-electron chi connectivity index (χ3n) is 0.780. The highest BCUT2D eigenvalue weighted by molar-refractivity contribution is 4.17. The van der Waals surface area contributed by atoms with Crippen molar-refractivity contribution < 1.29 is 14.2 Å². The van der Waals surface area contributed by atoms with Crippen molar-refractivity contribution in [2.24, 2.45) is 0 Å². The Morgan fingerprint density at radius 3 is 1.20 bits per heavy atom. The third kappa shape index (κ3) is 24.8. The Bertz CT molecular complexity index is 33.8. The molecule has 0 rings (SSSR count). The predicted octanol–water partition coefficient (Wildman–Crippen LogP) is 0.932. The molecule has 0 unspecified atom stereocenters. The molecule has 10 heavy (non-hydrogen) atoms. The largest absolute Gasteiger partial charge is 0.385 e. The van der Waals surface area contributed by atoms with Gasteiger partial charge < -0.3 is 14.2 Å². The Labute approximate surface area is 63.3 Å². The molecule has 3 heteroatoms. The number of hydrogen-bond acceptors (Lipinski definition) is 3. The highest BCUT2D eigenvalue weighted by atomic mass is 16.5. The van der Waals surface area contributed by atoms with Crippen LogP contribution in [0.4, 0.5) is 0 Å². The highest BCUT2D eigenvalue weighted by Crippen LogP contribution is 1.65. The molecule has 0 aromatic rings. The van der Waals surface area contributed by atoms with Crippen molar-refractivity contribution in [3.8, 4) is 0 Å². The summed E-state index contributed by atoms with van der Waals surface area (Å²) in [5, 5.41) is 0. The van der Waals surface area contributed by atoms with Crippen LogP contribution in [0.2, 0.25) is 0 Å².